The number of nitrogens with one attached hydrogen (secondary N) is 3. The van der Waals surface area contributed by atoms with E-state index in [-0.39, 0.29) is 5.91 Å². The normalized spacial score (nSPS) is 18.5. The molecule has 4 N–H and O–H groups in total. The number of aliphatic hydroxyl groups is 1. The van der Waals surface area contributed by atoms with E-state index in [1.807, 2.05) is 45.0 Å². The number of aliphatic hydroxyl groups excluding tert-OH is 1. The number of para-hydroxylation sites is 1. The van der Waals surface area contributed by atoms with Gasteiger partial charge in [-0.25, -0.2) is 4.98 Å². The molecule has 1 unspecified atom stereocenters. The minimum Gasteiger partial charge on any atom is -0.373 e. The average molecular weight is 371 g/mol. The molecule has 2 heterocycles. The lowest BCUT2D eigenvalue weighted by Gasteiger charge is -2.37. The van der Waals surface area contributed by atoms with Crippen molar-refractivity contribution in [3.8, 4) is 0 Å². The number of aromatic nitrogens is 2. The molecular formula is C19H19ClN4O2. The SMILES string of the molecule is Cc1cccc(Cl)c1Nc1nc2c3c(ccc2[nH]1)C(C)(C)C(O)NC3=O. The van der Waals surface area contributed by atoms with Gasteiger partial charge in [-0.05, 0) is 30.2 Å². The van der Waals surface area contributed by atoms with Crippen LogP contribution in [-0.2, 0) is 5.41 Å². The number of halogens is 1. The Kier molecular flexibility index (Phi) is 3.71. The molecular weight excluding hydrogens is 352 g/mol. The van der Waals surface area contributed by atoms with Gasteiger partial charge in [0.1, 0.15) is 11.7 Å². The minimum absolute atomic E-state index is 0.329. The zero-order valence-corrected chi connectivity index (χ0v) is 15.4. The van der Waals surface area contributed by atoms with Gasteiger partial charge >= 0.3 is 0 Å². The molecule has 0 saturated carbocycles. The van der Waals surface area contributed by atoms with E-state index in [1.165, 1.54) is 0 Å². The maximum atomic E-state index is 12.5. The van der Waals surface area contributed by atoms with Crippen molar-refractivity contribution >= 4 is 40.2 Å². The topological polar surface area (TPSA) is 90.0 Å². The summed E-state index contributed by atoms with van der Waals surface area (Å²) in [6.45, 7) is 5.73. The first-order valence-electron chi connectivity index (χ1n) is 8.33. The molecule has 0 radical (unpaired) electrons. The van der Waals surface area contributed by atoms with Crippen LogP contribution in [0.2, 0.25) is 5.02 Å². The highest BCUT2D eigenvalue weighted by Crippen LogP contribution is 2.37. The van der Waals surface area contributed by atoms with Gasteiger partial charge in [-0.15, -0.1) is 0 Å². The van der Waals surface area contributed by atoms with Crippen LogP contribution in [0.4, 0.5) is 11.6 Å². The summed E-state index contributed by atoms with van der Waals surface area (Å²) in [5.41, 5.74) is 3.70. The molecule has 0 saturated heterocycles. The number of hydrogen-bond donors (Lipinski definition) is 4. The summed E-state index contributed by atoms with van der Waals surface area (Å²) in [5, 5.41) is 16.6. The summed E-state index contributed by atoms with van der Waals surface area (Å²) in [6.07, 6.45) is -0.942. The van der Waals surface area contributed by atoms with Crippen molar-refractivity contribution in [3.05, 3.63) is 52.0 Å². The molecule has 2 aromatic carbocycles. The first kappa shape index (κ1) is 16.9. The Balaban J connectivity index is 1.85. The van der Waals surface area contributed by atoms with Gasteiger partial charge in [-0.2, -0.15) is 0 Å². The number of aromatic amines is 1. The minimum atomic E-state index is -0.942. The van der Waals surface area contributed by atoms with Gasteiger partial charge in [0.15, 0.2) is 0 Å². The number of carbonyl (C=O) groups excluding carboxylic acids is 1. The lowest BCUT2D eigenvalue weighted by molar-refractivity contribution is 0.0463. The number of carbonyl (C=O) groups is 1. The van der Waals surface area contributed by atoms with E-state index < -0.39 is 11.6 Å². The molecule has 4 rings (SSSR count). The van der Waals surface area contributed by atoms with Crippen molar-refractivity contribution in [3.63, 3.8) is 0 Å². The van der Waals surface area contributed by atoms with Crippen LogP contribution in [0.25, 0.3) is 11.0 Å². The van der Waals surface area contributed by atoms with Gasteiger partial charge in [0, 0.05) is 5.41 Å². The van der Waals surface area contributed by atoms with Gasteiger partial charge in [0.2, 0.25) is 5.95 Å². The van der Waals surface area contributed by atoms with Gasteiger partial charge in [-0.3, -0.25) is 4.79 Å². The molecule has 26 heavy (non-hydrogen) atoms. The summed E-state index contributed by atoms with van der Waals surface area (Å²) >= 11 is 6.27. The molecule has 1 aromatic heterocycles. The lowest BCUT2D eigenvalue weighted by Crippen LogP contribution is -2.52. The molecule has 0 bridgehead atoms. The zero-order chi connectivity index (χ0) is 18.6. The summed E-state index contributed by atoms with van der Waals surface area (Å²) in [5.74, 6) is 0.172. The fourth-order valence-electron chi connectivity index (χ4n) is 3.33. The third-order valence-electron chi connectivity index (χ3n) is 4.99. The highest BCUT2D eigenvalue weighted by atomic mass is 35.5. The number of H-pyrrole nitrogens is 1. The average Bonchev–Trinajstić information content (AvgIpc) is 2.98. The Hall–Kier alpha value is -2.57. The van der Waals surface area contributed by atoms with E-state index in [4.69, 9.17) is 11.6 Å². The fraction of sp³-hybridized carbons (Fsp3) is 0.263. The third kappa shape index (κ3) is 2.45. The van der Waals surface area contributed by atoms with E-state index >= 15 is 0 Å². The number of rotatable bonds is 2. The van der Waals surface area contributed by atoms with Gasteiger partial charge in [-0.1, -0.05) is 43.6 Å². The van der Waals surface area contributed by atoms with E-state index in [9.17, 15) is 9.90 Å². The molecule has 1 aliphatic heterocycles. The van der Waals surface area contributed by atoms with Crippen LogP contribution in [0.5, 0.6) is 0 Å². The van der Waals surface area contributed by atoms with Crippen molar-refractivity contribution in [1.29, 1.82) is 0 Å². The molecule has 0 spiro atoms. The highest BCUT2D eigenvalue weighted by Gasteiger charge is 2.40. The number of fused-ring (bicyclic) bond motifs is 3. The van der Waals surface area contributed by atoms with Crippen LogP contribution in [0.15, 0.2) is 30.3 Å². The van der Waals surface area contributed by atoms with Gasteiger partial charge < -0.3 is 20.7 Å². The summed E-state index contributed by atoms with van der Waals surface area (Å²) < 4.78 is 0. The summed E-state index contributed by atoms with van der Waals surface area (Å²) in [6, 6.07) is 9.38. The molecule has 3 aromatic rings. The Labute approximate surface area is 155 Å². The zero-order valence-electron chi connectivity index (χ0n) is 14.6. The van der Waals surface area contributed by atoms with Crippen LogP contribution in [-0.4, -0.2) is 27.2 Å². The smallest absolute Gasteiger partial charge is 0.255 e. The fourth-order valence-corrected chi connectivity index (χ4v) is 3.60. The standard InChI is InChI=1S/C19H19ClN4O2/c1-9-5-4-6-11(20)14(9)22-18-21-12-8-7-10-13(15(12)23-18)16(25)24-17(26)19(10,2)3/h4-8,17,26H,1-3H3,(H,24,25)(H2,21,22,23). The van der Waals surface area contributed by atoms with Crippen LogP contribution >= 0.6 is 11.6 Å². The Morgan fingerprint density at radius 2 is 2.04 bits per heavy atom. The number of aryl methyl sites for hydroxylation is 1. The quantitative estimate of drug-likeness (QED) is 0.554. The number of imidazole rings is 1. The van der Waals surface area contributed by atoms with Gasteiger partial charge in [0.25, 0.3) is 5.91 Å². The number of anilines is 2. The summed E-state index contributed by atoms with van der Waals surface area (Å²) in [7, 11) is 0. The monoisotopic (exact) mass is 370 g/mol. The molecule has 0 aliphatic carbocycles. The molecule has 1 amide bonds. The number of benzene rings is 2. The van der Waals surface area contributed by atoms with Crippen LogP contribution in [0.1, 0.15) is 35.3 Å². The molecule has 1 atom stereocenters. The van der Waals surface area contributed by atoms with Crippen LogP contribution in [0, 0.1) is 6.92 Å². The molecule has 6 nitrogen and oxygen atoms in total. The van der Waals surface area contributed by atoms with Crippen molar-refractivity contribution in [1.82, 2.24) is 15.3 Å². The van der Waals surface area contributed by atoms with Crippen molar-refractivity contribution in [2.45, 2.75) is 32.4 Å². The second-order valence-electron chi connectivity index (χ2n) is 7.12. The van der Waals surface area contributed by atoms with Crippen molar-refractivity contribution in [2.75, 3.05) is 5.32 Å². The predicted molar refractivity (Wildman–Crippen MR) is 102 cm³/mol. The predicted octanol–water partition coefficient (Wildman–Crippen LogP) is 3.61. The van der Waals surface area contributed by atoms with Crippen LogP contribution < -0.4 is 10.6 Å². The van der Waals surface area contributed by atoms with E-state index in [0.29, 0.717) is 22.1 Å². The van der Waals surface area contributed by atoms with Gasteiger partial charge in [0.05, 0.1) is 21.8 Å². The van der Waals surface area contributed by atoms with E-state index in [0.717, 1.165) is 22.3 Å². The maximum Gasteiger partial charge on any atom is 0.255 e. The second kappa shape index (κ2) is 5.72. The van der Waals surface area contributed by atoms with Crippen LogP contribution in [0.3, 0.4) is 0 Å². The number of amides is 1. The second-order valence-corrected chi connectivity index (χ2v) is 7.53. The van der Waals surface area contributed by atoms with Crippen molar-refractivity contribution in [2.24, 2.45) is 0 Å². The number of hydrogen-bond acceptors (Lipinski definition) is 4. The van der Waals surface area contributed by atoms with E-state index in [2.05, 4.69) is 20.6 Å². The molecule has 1 aliphatic rings. The first-order chi connectivity index (χ1) is 12.3. The Morgan fingerprint density at radius 1 is 1.27 bits per heavy atom. The molecule has 7 heteroatoms. The Morgan fingerprint density at radius 3 is 2.77 bits per heavy atom. The largest absolute Gasteiger partial charge is 0.373 e. The maximum absolute atomic E-state index is 12.5. The first-order valence-corrected chi connectivity index (χ1v) is 8.71. The highest BCUT2D eigenvalue weighted by molar-refractivity contribution is 6.33. The van der Waals surface area contributed by atoms with Crippen molar-refractivity contribution < 1.29 is 9.90 Å². The molecule has 0 fully saturated rings. The Bertz CT molecular complexity index is 1020. The summed E-state index contributed by atoms with van der Waals surface area (Å²) in [4.78, 5) is 20.3. The third-order valence-corrected chi connectivity index (χ3v) is 5.31. The number of nitrogens with zero attached hydrogens (tertiary/aromatic N) is 1. The molecule has 134 valence electrons. The lowest BCUT2D eigenvalue weighted by atomic mass is 9.77. The van der Waals surface area contributed by atoms with E-state index in [1.54, 1.807) is 6.07 Å².